The number of rotatable bonds is 2. The number of para-hydroxylation sites is 1. The van der Waals surface area contributed by atoms with Gasteiger partial charge in [0.2, 0.25) is 5.91 Å². The summed E-state index contributed by atoms with van der Waals surface area (Å²) in [7, 11) is 4.57. The Morgan fingerprint density at radius 2 is 2.00 bits per heavy atom. The number of nitrogens with zero attached hydrogens (tertiary/aromatic N) is 1. The van der Waals surface area contributed by atoms with Crippen molar-refractivity contribution in [2.24, 2.45) is 0 Å². The van der Waals surface area contributed by atoms with E-state index < -0.39 is 0 Å². The van der Waals surface area contributed by atoms with Crippen LogP contribution in [0, 0.1) is 0 Å². The van der Waals surface area contributed by atoms with Crippen molar-refractivity contribution >= 4 is 21.3 Å². The van der Waals surface area contributed by atoms with Crippen molar-refractivity contribution in [1.29, 1.82) is 0 Å². The van der Waals surface area contributed by atoms with Crippen molar-refractivity contribution in [1.82, 2.24) is 0 Å². The van der Waals surface area contributed by atoms with E-state index in [9.17, 15) is 4.79 Å². The standard InChI is InChI=1S/C10H11N2O.ClH.Ru/c13-10(9-6-7-11-9)12-8-4-2-1-3-5-8;;/h1-5,9H,6-7H2,(H,12,13);1H;/q-1;;+2/p-1/t9-;;/m0../s1. The fraction of sp³-hybridized carbons (Fsp3) is 0.300. The zero-order chi connectivity index (χ0) is 11.1. The third-order valence-corrected chi connectivity index (χ3v) is 2.10. The Morgan fingerprint density at radius 1 is 1.40 bits per heavy atom. The van der Waals surface area contributed by atoms with E-state index >= 15 is 0 Å². The fourth-order valence-electron chi connectivity index (χ4n) is 1.22. The third kappa shape index (κ3) is 3.90. The molecule has 0 aromatic heterocycles. The molecule has 15 heavy (non-hydrogen) atoms. The Labute approximate surface area is 103 Å². The Hall–Kier alpha value is -0.437. The molecule has 0 saturated carbocycles. The van der Waals surface area contributed by atoms with Crippen LogP contribution in [0.2, 0.25) is 0 Å². The molecule has 0 spiro atoms. The summed E-state index contributed by atoms with van der Waals surface area (Å²) in [5, 5.41) is 6.86. The van der Waals surface area contributed by atoms with Gasteiger partial charge in [0, 0.05) is 5.69 Å². The summed E-state index contributed by atoms with van der Waals surface area (Å²) in [4.78, 5) is 11.4. The summed E-state index contributed by atoms with van der Waals surface area (Å²) in [6.45, 7) is 0.826. The van der Waals surface area contributed by atoms with E-state index in [0.29, 0.717) is 0 Å². The van der Waals surface area contributed by atoms with Gasteiger partial charge in [0.1, 0.15) is 0 Å². The first-order valence-corrected chi connectivity index (χ1v) is 6.76. The van der Waals surface area contributed by atoms with Gasteiger partial charge >= 0.3 is 27.0 Å². The SMILES string of the molecule is O=C(Nc1ccccc1)[C@@H]1CC[N-]1.[Cl][Ru+]. The van der Waals surface area contributed by atoms with Gasteiger partial charge in [-0.05, 0) is 12.1 Å². The van der Waals surface area contributed by atoms with Crippen molar-refractivity contribution in [2.75, 3.05) is 11.9 Å². The van der Waals surface area contributed by atoms with Crippen LogP contribution in [-0.2, 0) is 22.1 Å². The van der Waals surface area contributed by atoms with Gasteiger partial charge in [0.25, 0.3) is 0 Å². The van der Waals surface area contributed by atoms with Gasteiger partial charge in [-0.25, -0.2) is 0 Å². The minimum atomic E-state index is -0.111. The number of carbonyl (C=O) groups is 1. The molecule has 1 atom stereocenters. The number of halogens is 1. The second-order valence-electron chi connectivity index (χ2n) is 3.07. The second kappa shape index (κ2) is 6.94. The molecule has 1 amide bonds. The molecule has 0 aliphatic carbocycles. The van der Waals surface area contributed by atoms with Gasteiger partial charge < -0.3 is 10.6 Å². The second-order valence-corrected chi connectivity index (χ2v) is 3.07. The van der Waals surface area contributed by atoms with Crippen molar-refractivity contribution < 1.29 is 22.1 Å². The third-order valence-electron chi connectivity index (χ3n) is 2.10. The topological polar surface area (TPSA) is 43.2 Å². The Balaban J connectivity index is 0.000000531. The van der Waals surface area contributed by atoms with E-state index in [1.165, 1.54) is 0 Å². The van der Waals surface area contributed by atoms with Crippen LogP contribution >= 0.6 is 9.69 Å². The van der Waals surface area contributed by atoms with E-state index in [-0.39, 0.29) is 11.9 Å². The molecule has 0 unspecified atom stereocenters. The number of hydrogen-bond acceptors (Lipinski definition) is 1. The average molecular weight is 312 g/mol. The summed E-state index contributed by atoms with van der Waals surface area (Å²) in [6.07, 6.45) is 0.888. The van der Waals surface area contributed by atoms with Gasteiger partial charge in [-0.15, -0.1) is 6.54 Å². The van der Waals surface area contributed by atoms with E-state index in [4.69, 9.17) is 0 Å². The molecule has 3 nitrogen and oxygen atoms in total. The summed E-state index contributed by atoms with van der Waals surface area (Å²) in [6, 6.07) is 9.35. The van der Waals surface area contributed by atoms with Crippen LogP contribution in [0.25, 0.3) is 5.32 Å². The maximum absolute atomic E-state index is 11.4. The van der Waals surface area contributed by atoms with Crippen molar-refractivity contribution in [2.45, 2.75) is 12.5 Å². The molecule has 1 saturated heterocycles. The fourth-order valence-corrected chi connectivity index (χ4v) is 1.22. The molecule has 1 N–H and O–H groups in total. The first-order valence-electron chi connectivity index (χ1n) is 4.52. The number of nitrogens with one attached hydrogen (secondary N) is 1. The molecule has 1 heterocycles. The number of carbonyl (C=O) groups excluding carboxylic acids is 1. The minimum absolute atomic E-state index is 0.0115. The van der Waals surface area contributed by atoms with Crippen LogP contribution in [-0.4, -0.2) is 18.5 Å². The molecule has 2 rings (SSSR count). The normalized spacial score (nSPS) is 18.1. The number of anilines is 1. The monoisotopic (exact) mass is 312 g/mol. The molecule has 1 aromatic rings. The van der Waals surface area contributed by atoms with Gasteiger partial charge in [0.05, 0.1) is 0 Å². The van der Waals surface area contributed by atoms with Crippen LogP contribution in [0.15, 0.2) is 30.3 Å². The van der Waals surface area contributed by atoms with Crippen LogP contribution in [0.5, 0.6) is 0 Å². The average Bonchev–Trinajstić information content (AvgIpc) is 2.19. The van der Waals surface area contributed by atoms with Gasteiger partial charge in [-0.2, -0.15) is 0 Å². The first-order chi connectivity index (χ1) is 7.36. The predicted octanol–water partition coefficient (Wildman–Crippen LogP) is 2.46. The van der Waals surface area contributed by atoms with Crippen LogP contribution in [0.1, 0.15) is 6.42 Å². The number of amides is 1. The van der Waals surface area contributed by atoms with Gasteiger partial charge in [-0.1, -0.05) is 30.7 Å². The van der Waals surface area contributed by atoms with E-state index in [2.05, 4.69) is 20.3 Å². The predicted molar refractivity (Wildman–Crippen MR) is 57.6 cm³/mol. The Bertz CT molecular complexity index is 304. The summed E-state index contributed by atoms with van der Waals surface area (Å²) in [5.41, 5.74) is 0.842. The molecule has 1 aliphatic rings. The first kappa shape index (κ1) is 12.6. The zero-order valence-electron chi connectivity index (χ0n) is 7.97. The van der Waals surface area contributed by atoms with Crippen LogP contribution in [0.4, 0.5) is 5.69 Å². The maximum atomic E-state index is 11.4. The van der Waals surface area contributed by atoms with E-state index in [1.807, 2.05) is 47.6 Å². The van der Waals surface area contributed by atoms with Crippen molar-refractivity contribution in [3.8, 4) is 0 Å². The molecular formula is C10H11ClN2ORu. The number of hydrogen-bond donors (Lipinski definition) is 1. The Kier molecular flexibility index (Phi) is 5.84. The van der Waals surface area contributed by atoms with Crippen molar-refractivity contribution in [3.63, 3.8) is 0 Å². The van der Waals surface area contributed by atoms with E-state index in [0.717, 1.165) is 18.7 Å². The molecule has 5 heteroatoms. The van der Waals surface area contributed by atoms with Crippen molar-refractivity contribution in [3.05, 3.63) is 35.6 Å². The molecule has 1 aromatic carbocycles. The van der Waals surface area contributed by atoms with Gasteiger partial charge in [0.15, 0.2) is 0 Å². The molecule has 82 valence electrons. The Morgan fingerprint density at radius 3 is 2.47 bits per heavy atom. The molecule has 0 radical (unpaired) electrons. The molecule has 0 bridgehead atoms. The quantitative estimate of drug-likeness (QED) is 0.838. The van der Waals surface area contributed by atoms with E-state index in [1.54, 1.807) is 0 Å². The molecule has 1 fully saturated rings. The molecular weight excluding hydrogens is 301 g/mol. The number of benzene rings is 1. The van der Waals surface area contributed by atoms with Crippen LogP contribution in [0.3, 0.4) is 0 Å². The van der Waals surface area contributed by atoms with Gasteiger partial charge in [-0.3, -0.25) is 4.79 Å². The summed E-state index contributed by atoms with van der Waals surface area (Å²) >= 11 is 1.82. The summed E-state index contributed by atoms with van der Waals surface area (Å²) < 4.78 is 0. The molecule has 1 aliphatic heterocycles. The summed E-state index contributed by atoms with van der Waals surface area (Å²) in [5.74, 6) is 0.0115. The van der Waals surface area contributed by atoms with Crippen LogP contribution < -0.4 is 5.32 Å². The zero-order valence-corrected chi connectivity index (χ0v) is 10.5.